The van der Waals surface area contributed by atoms with Gasteiger partial charge in [-0.1, -0.05) is 33.6 Å². The zero-order valence-corrected chi connectivity index (χ0v) is 13.4. The largest absolute Gasteiger partial charge is 0.378 e. The molecule has 0 aromatic carbocycles. The van der Waals surface area contributed by atoms with E-state index in [0.717, 1.165) is 25.0 Å². The highest BCUT2D eigenvalue weighted by atomic mass is 16.5. The van der Waals surface area contributed by atoms with Gasteiger partial charge in [-0.3, -0.25) is 0 Å². The van der Waals surface area contributed by atoms with Crippen LogP contribution in [0.25, 0.3) is 0 Å². The molecule has 1 saturated carbocycles. The molecule has 0 amide bonds. The van der Waals surface area contributed by atoms with Gasteiger partial charge >= 0.3 is 0 Å². The van der Waals surface area contributed by atoms with Gasteiger partial charge in [0.15, 0.2) is 0 Å². The van der Waals surface area contributed by atoms with E-state index in [1.165, 1.54) is 57.9 Å². The van der Waals surface area contributed by atoms with Gasteiger partial charge in [-0.25, -0.2) is 0 Å². The molecule has 0 atom stereocenters. The highest BCUT2D eigenvalue weighted by Gasteiger charge is 2.17. The molecule has 2 heteroatoms. The van der Waals surface area contributed by atoms with Gasteiger partial charge in [-0.2, -0.15) is 0 Å². The SMILES string of the molecule is CC(C)CNCCCCCCOC1CCC(C)CC1. The normalized spacial score (nSPS) is 24.0. The van der Waals surface area contributed by atoms with Gasteiger partial charge < -0.3 is 10.1 Å². The molecular formula is C17H35NO. The summed E-state index contributed by atoms with van der Waals surface area (Å²) in [5.74, 6) is 1.70. The van der Waals surface area contributed by atoms with E-state index in [2.05, 4.69) is 26.1 Å². The summed E-state index contributed by atoms with van der Waals surface area (Å²) < 4.78 is 5.97. The van der Waals surface area contributed by atoms with Crippen molar-refractivity contribution >= 4 is 0 Å². The van der Waals surface area contributed by atoms with Crippen LogP contribution in [-0.2, 0) is 4.74 Å². The molecule has 1 aliphatic carbocycles. The van der Waals surface area contributed by atoms with Crippen LogP contribution in [0, 0.1) is 11.8 Å². The second kappa shape index (κ2) is 10.7. The third kappa shape index (κ3) is 9.45. The number of hydrogen-bond acceptors (Lipinski definition) is 2. The Morgan fingerprint density at radius 2 is 1.68 bits per heavy atom. The highest BCUT2D eigenvalue weighted by molar-refractivity contribution is 4.69. The lowest BCUT2D eigenvalue weighted by molar-refractivity contribution is 0.0179. The van der Waals surface area contributed by atoms with Crippen molar-refractivity contribution < 1.29 is 4.74 Å². The van der Waals surface area contributed by atoms with E-state index in [-0.39, 0.29) is 0 Å². The first kappa shape index (κ1) is 17.0. The summed E-state index contributed by atoms with van der Waals surface area (Å²) in [4.78, 5) is 0. The third-order valence-electron chi connectivity index (χ3n) is 4.12. The molecule has 0 heterocycles. The first-order valence-electron chi connectivity index (χ1n) is 8.50. The molecule has 114 valence electrons. The molecule has 1 aliphatic rings. The van der Waals surface area contributed by atoms with E-state index in [4.69, 9.17) is 4.74 Å². The van der Waals surface area contributed by atoms with Crippen molar-refractivity contribution in [3.8, 4) is 0 Å². The van der Waals surface area contributed by atoms with Crippen molar-refractivity contribution in [2.24, 2.45) is 11.8 Å². The van der Waals surface area contributed by atoms with Crippen molar-refractivity contribution in [3.05, 3.63) is 0 Å². The minimum absolute atomic E-state index is 0.573. The van der Waals surface area contributed by atoms with Gasteiger partial charge in [0, 0.05) is 6.61 Å². The van der Waals surface area contributed by atoms with Crippen LogP contribution in [0.2, 0.25) is 0 Å². The van der Waals surface area contributed by atoms with Gasteiger partial charge in [0.2, 0.25) is 0 Å². The average Bonchev–Trinajstić information content (AvgIpc) is 2.38. The predicted octanol–water partition coefficient (Wildman–Crippen LogP) is 4.39. The Labute approximate surface area is 120 Å². The monoisotopic (exact) mass is 269 g/mol. The van der Waals surface area contributed by atoms with E-state index in [0.29, 0.717) is 6.10 Å². The zero-order chi connectivity index (χ0) is 13.9. The number of nitrogens with one attached hydrogen (secondary N) is 1. The number of ether oxygens (including phenoxy) is 1. The van der Waals surface area contributed by atoms with Crippen molar-refractivity contribution in [1.82, 2.24) is 5.32 Å². The Kier molecular flexibility index (Phi) is 9.54. The second-order valence-electron chi connectivity index (χ2n) is 6.76. The van der Waals surface area contributed by atoms with Crippen LogP contribution in [-0.4, -0.2) is 25.8 Å². The van der Waals surface area contributed by atoms with E-state index in [1.54, 1.807) is 0 Å². The minimum atomic E-state index is 0.573. The number of hydrogen-bond donors (Lipinski definition) is 1. The molecule has 0 aromatic rings. The summed E-state index contributed by atoms with van der Waals surface area (Å²) in [6, 6.07) is 0. The fourth-order valence-corrected chi connectivity index (χ4v) is 2.74. The zero-order valence-electron chi connectivity index (χ0n) is 13.4. The molecule has 0 unspecified atom stereocenters. The summed E-state index contributed by atoms with van der Waals surface area (Å²) in [6.45, 7) is 10.2. The first-order valence-corrected chi connectivity index (χ1v) is 8.50. The first-order chi connectivity index (χ1) is 9.18. The number of unbranched alkanes of at least 4 members (excludes halogenated alkanes) is 3. The molecule has 1 fully saturated rings. The lowest BCUT2D eigenvalue weighted by Gasteiger charge is -2.26. The van der Waals surface area contributed by atoms with Crippen LogP contribution in [0.5, 0.6) is 0 Å². The van der Waals surface area contributed by atoms with Crippen molar-refractivity contribution in [2.75, 3.05) is 19.7 Å². The summed E-state index contributed by atoms with van der Waals surface area (Å²) in [7, 11) is 0. The Bertz CT molecular complexity index is 197. The topological polar surface area (TPSA) is 21.3 Å². The predicted molar refractivity (Wildman–Crippen MR) is 83.5 cm³/mol. The molecule has 0 aliphatic heterocycles. The third-order valence-corrected chi connectivity index (χ3v) is 4.12. The lowest BCUT2D eigenvalue weighted by atomic mass is 9.89. The molecule has 1 rings (SSSR count). The van der Waals surface area contributed by atoms with Crippen LogP contribution in [0.15, 0.2) is 0 Å². The van der Waals surface area contributed by atoms with Crippen LogP contribution in [0.3, 0.4) is 0 Å². The maximum Gasteiger partial charge on any atom is 0.0575 e. The van der Waals surface area contributed by atoms with E-state index in [1.807, 2.05) is 0 Å². The molecule has 0 spiro atoms. The minimum Gasteiger partial charge on any atom is -0.378 e. The van der Waals surface area contributed by atoms with Crippen molar-refractivity contribution in [1.29, 1.82) is 0 Å². The Morgan fingerprint density at radius 1 is 1.00 bits per heavy atom. The fourth-order valence-electron chi connectivity index (χ4n) is 2.74. The molecule has 0 radical (unpaired) electrons. The Morgan fingerprint density at radius 3 is 2.37 bits per heavy atom. The molecule has 19 heavy (non-hydrogen) atoms. The van der Waals surface area contributed by atoms with Gasteiger partial charge in [0.25, 0.3) is 0 Å². The maximum absolute atomic E-state index is 5.97. The maximum atomic E-state index is 5.97. The lowest BCUT2D eigenvalue weighted by Crippen LogP contribution is -2.21. The summed E-state index contributed by atoms with van der Waals surface area (Å²) in [6.07, 6.45) is 11.1. The molecule has 0 aromatic heterocycles. The standard InChI is InChI=1S/C17H35NO/c1-15(2)14-18-12-6-4-5-7-13-19-17-10-8-16(3)9-11-17/h15-18H,4-14H2,1-3H3. The van der Waals surface area contributed by atoms with Gasteiger partial charge in [-0.15, -0.1) is 0 Å². The molecule has 0 bridgehead atoms. The highest BCUT2D eigenvalue weighted by Crippen LogP contribution is 2.25. The number of rotatable bonds is 10. The second-order valence-corrected chi connectivity index (χ2v) is 6.76. The van der Waals surface area contributed by atoms with Gasteiger partial charge in [0.1, 0.15) is 0 Å². The summed E-state index contributed by atoms with van der Waals surface area (Å²) >= 11 is 0. The Hall–Kier alpha value is -0.0800. The molecule has 2 nitrogen and oxygen atoms in total. The summed E-state index contributed by atoms with van der Waals surface area (Å²) in [5.41, 5.74) is 0. The van der Waals surface area contributed by atoms with Crippen LogP contribution >= 0.6 is 0 Å². The van der Waals surface area contributed by atoms with E-state index < -0.39 is 0 Å². The molecule has 1 N–H and O–H groups in total. The van der Waals surface area contributed by atoms with Crippen LogP contribution < -0.4 is 5.32 Å². The van der Waals surface area contributed by atoms with Crippen molar-refractivity contribution in [3.63, 3.8) is 0 Å². The molecule has 0 saturated heterocycles. The van der Waals surface area contributed by atoms with Crippen LogP contribution in [0.1, 0.15) is 72.1 Å². The van der Waals surface area contributed by atoms with E-state index >= 15 is 0 Å². The molecular weight excluding hydrogens is 234 g/mol. The quantitative estimate of drug-likeness (QED) is 0.594. The fraction of sp³-hybridized carbons (Fsp3) is 1.00. The summed E-state index contributed by atoms with van der Waals surface area (Å²) in [5, 5.41) is 3.50. The average molecular weight is 269 g/mol. The van der Waals surface area contributed by atoms with Gasteiger partial charge in [0.05, 0.1) is 6.10 Å². The van der Waals surface area contributed by atoms with Crippen LogP contribution in [0.4, 0.5) is 0 Å². The van der Waals surface area contributed by atoms with E-state index in [9.17, 15) is 0 Å². The smallest absolute Gasteiger partial charge is 0.0575 e. The van der Waals surface area contributed by atoms with Gasteiger partial charge in [-0.05, 0) is 63.5 Å². The Balaban J connectivity index is 1.79. The van der Waals surface area contributed by atoms with Crippen molar-refractivity contribution in [2.45, 2.75) is 78.2 Å².